The van der Waals surface area contributed by atoms with Crippen molar-refractivity contribution >= 4 is 11.7 Å². The molecule has 0 aliphatic carbocycles. The number of aryl methyl sites for hydroxylation is 1. The lowest BCUT2D eigenvalue weighted by Crippen LogP contribution is -2.23. The molecule has 104 valence electrons. The van der Waals surface area contributed by atoms with E-state index in [2.05, 4.69) is 10.3 Å². The summed E-state index contributed by atoms with van der Waals surface area (Å²) in [6.07, 6.45) is 1.49. The van der Waals surface area contributed by atoms with Crippen molar-refractivity contribution in [3.05, 3.63) is 58.7 Å². The maximum Gasteiger partial charge on any atom is 0.267 e. The highest BCUT2D eigenvalue weighted by Gasteiger charge is 2.10. The summed E-state index contributed by atoms with van der Waals surface area (Å²) in [5.74, 6) is -0.741. The number of H-pyrrole nitrogens is 1. The molecule has 20 heavy (non-hydrogen) atoms. The number of halogens is 1. The van der Waals surface area contributed by atoms with Crippen molar-refractivity contribution < 1.29 is 14.0 Å². The quantitative estimate of drug-likeness (QED) is 0.842. The van der Waals surface area contributed by atoms with Crippen molar-refractivity contribution in [3.63, 3.8) is 0 Å². The molecular weight excluding hydrogens is 259 g/mol. The van der Waals surface area contributed by atoms with Crippen LogP contribution in [0, 0.1) is 12.7 Å². The van der Waals surface area contributed by atoms with Crippen LogP contribution in [0.3, 0.4) is 0 Å². The Balaban J connectivity index is 2.00. The van der Waals surface area contributed by atoms with Crippen LogP contribution in [0.25, 0.3) is 0 Å². The lowest BCUT2D eigenvalue weighted by Gasteiger charge is -2.05. The van der Waals surface area contributed by atoms with E-state index in [1.165, 1.54) is 25.3 Å². The van der Waals surface area contributed by atoms with Gasteiger partial charge in [0.1, 0.15) is 11.5 Å². The first-order valence-electron chi connectivity index (χ1n) is 6.20. The van der Waals surface area contributed by atoms with Crippen molar-refractivity contribution in [2.45, 2.75) is 20.4 Å². The number of aromatic nitrogens is 1. The molecule has 0 aliphatic heterocycles. The Bertz CT molecular complexity index is 662. The van der Waals surface area contributed by atoms with Crippen molar-refractivity contribution in [3.8, 4) is 0 Å². The van der Waals surface area contributed by atoms with Crippen LogP contribution in [0.15, 0.2) is 30.5 Å². The highest BCUT2D eigenvalue weighted by atomic mass is 19.1. The Morgan fingerprint density at radius 3 is 2.65 bits per heavy atom. The van der Waals surface area contributed by atoms with Gasteiger partial charge in [0.05, 0.1) is 0 Å². The lowest BCUT2D eigenvalue weighted by molar-refractivity contribution is 0.0946. The van der Waals surface area contributed by atoms with Crippen LogP contribution in [0.2, 0.25) is 0 Å². The second kappa shape index (κ2) is 5.69. The lowest BCUT2D eigenvalue weighted by atomic mass is 10.1. The van der Waals surface area contributed by atoms with Gasteiger partial charge in [0.2, 0.25) is 0 Å². The summed E-state index contributed by atoms with van der Waals surface area (Å²) < 4.78 is 13.4. The molecule has 1 amide bonds. The molecule has 0 saturated carbocycles. The molecular formula is C15H15FN2O2. The summed E-state index contributed by atoms with van der Waals surface area (Å²) in [6, 6.07) is 6.31. The predicted octanol–water partition coefficient (Wildman–Crippen LogP) is 2.59. The molecule has 2 aromatic rings. The summed E-state index contributed by atoms with van der Waals surface area (Å²) in [6.45, 7) is 3.34. The van der Waals surface area contributed by atoms with Gasteiger partial charge in [0, 0.05) is 18.3 Å². The highest BCUT2D eigenvalue weighted by molar-refractivity contribution is 5.99. The van der Waals surface area contributed by atoms with E-state index in [1.807, 2.05) is 0 Å². The van der Waals surface area contributed by atoms with Crippen LogP contribution in [0.5, 0.6) is 0 Å². The third-order valence-corrected chi connectivity index (χ3v) is 3.02. The van der Waals surface area contributed by atoms with Crippen molar-refractivity contribution in [2.24, 2.45) is 0 Å². The fourth-order valence-corrected chi connectivity index (χ4v) is 1.75. The monoisotopic (exact) mass is 274 g/mol. The Labute approximate surface area is 116 Å². The third kappa shape index (κ3) is 3.12. The molecule has 4 nitrogen and oxygen atoms in total. The highest BCUT2D eigenvalue weighted by Crippen LogP contribution is 2.09. The number of hydrogen-bond acceptors (Lipinski definition) is 2. The fourth-order valence-electron chi connectivity index (χ4n) is 1.75. The molecule has 0 bridgehead atoms. The van der Waals surface area contributed by atoms with Crippen molar-refractivity contribution in [1.29, 1.82) is 0 Å². The average molecular weight is 274 g/mol. The minimum atomic E-state index is -0.335. The molecule has 1 aromatic carbocycles. The summed E-state index contributed by atoms with van der Waals surface area (Å²) in [5, 5.41) is 2.67. The van der Waals surface area contributed by atoms with E-state index in [9.17, 15) is 14.0 Å². The van der Waals surface area contributed by atoms with E-state index in [-0.39, 0.29) is 24.1 Å². The number of hydrogen-bond donors (Lipinski definition) is 2. The molecule has 2 N–H and O–H groups in total. The van der Waals surface area contributed by atoms with Gasteiger partial charge in [-0.25, -0.2) is 4.39 Å². The Kier molecular flexibility index (Phi) is 3.98. The largest absolute Gasteiger partial charge is 0.356 e. The number of carbonyl (C=O) groups excluding carboxylic acids is 2. The first-order valence-corrected chi connectivity index (χ1v) is 6.20. The third-order valence-electron chi connectivity index (χ3n) is 3.02. The van der Waals surface area contributed by atoms with Gasteiger partial charge in [0.15, 0.2) is 5.78 Å². The standard InChI is InChI=1S/C15H15FN2O2/c1-9-3-4-11(5-13(9)16)7-18-15(20)14-6-12(8-17-14)10(2)19/h3-6,8,17H,7H2,1-2H3,(H,18,20). The predicted molar refractivity (Wildman–Crippen MR) is 73.1 cm³/mol. The van der Waals surface area contributed by atoms with Crippen LogP contribution in [0.4, 0.5) is 4.39 Å². The zero-order chi connectivity index (χ0) is 14.7. The van der Waals surface area contributed by atoms with Gasteiger partial charge in [-0.05, 0) is 37.1 Å². The van der Waals surface area contributed by atoms with Crippen LogP contribution < -0.4 is 5.32 Å². The number of benzene rings is 1. The van der Waals surface area contributed by atoms with Gasteiger partial charge in [-0.3, -0.25) is 9.59 Å². The zero-order valence-electron chi connectivity index (χ0n) is 11.3. The summed E-state index contributed by atoms with van der Waals surface area (Å²) in [4.78, 5) is 25.7. The maximum absolute atomic E-state index is 13.4. The molecule has 1 heterocycles. The van der Waals surface area contributed by atoms with E-state index >= 15 is 0 Å². The number of Topliss-reactive ketones (excluding diaryl/α,β-unsaturated/α-hetero) is 1. The van der Waals surface area contributed by atoms with Gasteiger partial charge >= 0.3 is 0 Å². The summed E-state index contributed by atoms with van der Waals surface area (Å²) in [7, 11) is 0. The number of aromatic amines is 1. The van der Waals surface area contributed by atoms with Gasteiger partial charge in [-0.15, -0.1) is 0 Å². The molecule has 1 aromatic heterocycles. The normalized spacial score (nSPS) is 10.3. The van der Waals surface area contributed by atoms with Crippen LogP contribution in [-0.2, 0) is 6.54 Å². The van der Waals surface area contributed by atoms with E-state index in [1.54, 1.807) is 19.1 Å². The van der Waals surface area contributed by atoms with E-state index < -0.39 is 0 Å². The number of carbonyl (C=O) groups is 2. The molecule has 0 saturated heterocycles. The molecule has 5 heteroatoms. The number of amides is 1. The van der Waals surface area contributed by atoms with Gasteiger partial charge < -0.3 is 10.3 Å². The van der Waals surface area contributed by atoms with E-state index in [4.69, 9.17) is 0 Å². The first-order chi connectivity index (χ1) is 9.47. The maximum atomic E-state index is 13.4. The second-order valence-corrected chi connectivity index (χ2v) is 4.62. The van der Waals surface area contributed by atoms with E-state index in [0.717, 1.165) is 0 Å². The van der Waals surface area contributed by atoms with Crippen molar-refractivity contribution in [2.75, 3.05) is 0 Å². The first kappa shape index (κ1) is 14.0. The summed E-state index contributed by atoms with van der Waals surface area (Å²) >= 11 is 0. The molecule has 0 aliphatic rings. The van der Waals surface area contributed by atoms with Gasteiger partial charge in [-0.2, -0.15) is 0 Å². The number of nitrogens with one attached hydrogen (secondary N) is 2. The SMILES string of the molecule is CC(=O)c1c[nH]c(C(=O)NCc2ccc(C)c(F)c2)c1. The Hall–Kier alpha value is -2.43. The van der Waals surface area contributed by atoms with Crippen LogP contribution >= 0.6 is 0 Å². The Morgan fingerprint density at radius 1 is 1.30 bits per heavy atom. The smallest absolute Gasteiger partial charge is 0.267 e. The summed E-state index contributed by atoms with van der Waals surface area (Å²) in [5.41, 5.74) is 2.01. The number of ketones is 1. The molecule has 0 spiro atoms. The molecule has 0 unspecified atom stereocenters. The zero-order valence-corrected chi connectivity index (χ0v) is 11.3. The fraction of sp³-hybridized carbons (Fsp3) is 0.200. The molecule has 0 atom stereocenters. The average Bonchev–Trinajstić information content (AvgIpc) is 2.89. The van der Waals surface area contributed by atoms with E-state index in [0.29, 0.717) is 22.4 Å². The minimum absolute atomic E-state index is 0.110. The van der Waals surface area contributed by atoms with Gasteiger partial charge in [-0.1, -0.05) is 12.1 Å². The van der Waals surface area contributed by atoms with Gasteiger partial charge in [0.25, 0.3) is 5.91 Å². The molecule has 2 rings (SSSR count). The molecule has 0 fully saturated rings. The molecule has 0 radical (unpaired) electrons. The minimum Gasteiger partial charge on any atom is -0.356 e. The topological polar surface area (TPSA) is 62.0 Å². The second-order valence-electron chi connectivity index (χ2n) is 4.62. The Morgan fingerprint density at radius 2 is 2.05 bits per heavy atom. The van der Waals surface area contributed by atoms with Crippen LogP contribution in [-0.4, -0.2) is 16.7 Å². The van der Waals surface area contributed by atoms with Crippen molar-refractivity contribution in [1.82, 2.24) is 10.3 Å². The van der Waals surface area contributed by atoms with Crippen LogP contribution in [0.1, 0.15) is 38.9 Å². The number of rotatable bonds is 4.